The van der Waals surface area contributed by atoms with Gasteiger partial charge in [-0.25, -0.2) is 0 Å². The molecule has 0 atom stereocenters. The molecule has 0 aliphatic carbocycles. The molecule has 0 saturated carbocycles. The molecule has 4 rings (SSSR count). The number of rotatable bonds is 4. The van der Waals surface area contributed by atoms with Crippen LogP contribution in [-0.4, -0.2) is 30.6 Å². The van der Waals surface area contributed by atoms with Crippen LogP contribution in [0.15, 0.2) is 62.8 Å². The normalized spacial score (nSPS) is 15.6. The highest BCUT2D eigenvalue weighted by Crippen LogP contribution is 2.35. The van der Waals surface area contributed by atoms with E-state index in [0.29, 0.717) is 20.6 Å². The van der Waals surface area contributed by atoms with Crippen molar-refractivity contribution in [1.82, 2.24) is 14.3 Å². The molecule has 152 valence electrons. The second-order valence-electron chi connectivity index (χ2n) is 6.77. The van der Waals surface area contributed by atoms with Crippen molar-refractivity contribution in [2.75, 3.05) is 0 Å². The van der Waals surface area contributed by atoms with Gasteiger partial charge in [0, 0.05) is 16.7 Å². The first-order chi connectivity index (χ1) is 14.3. The topological polar surface area (TPSA) is 63.9 Å². The maximum Gasteiger partial charge on any atom is 0.269 e. The number of pyridine rings is 1. The van der Waals surface area contributed by atoms with E-state index in [0.717, 1.165) is 4.47 Å². The van der Waals surface area contributed by atoms with Crippen LogP contribution in [0.1, 0.15) is 19.4 Å². The van der Waals surface area contributed by atoms with Gasteiger partial charge in [-0.2, -0.15) is 4.98 Å². The maximum atomic E-state index is 13.2. The minimum atomic E-state index is -0.331. The van der Waals surface area contributed by atoms with Crippen LogP contribution in [0.25, 0.3) is 11.7 Å². The number of thiocarbonyl (C=S) groups is 1. The molecule has 0 spiro atoms. The molecule has 9 heteroatoms. The number of ether oxygens (including phenoxy) is 1. The highest BCUT2D eigenvalue weighted by molar-refractivity contribution is 9.10. The molecule has 1 amide bonds. The van der Waals surface area contributed by atoms with Crippen LogP contribution in [0.5, 0.6) is 11.6 Å². The first-order valence-electron chi connectivity index (χ1n) is 9.07. The van der Waals surface area contributed by atoms with Gasteiger partial charge in [-0.05, 0) is 56.3 Å². The van der Waals surface area contributed by atoms with E-state index >= 15 is 0 Å². The number of thioether (sulfide) groups is 1. The van der Waals surface area contributed by atoms with Gasteiger partial charge in [0.15, 0.2) is 0 Å². The van der Waals surface area contributed by atoms with Crippen molar-refractivity contribution >= 4 is 61.9 Å². The third kappa shape index (κ3) is 3.92. The van der Waals surface area contributed by atoms with Gasteiger partial charge >= 0.3 is 0 Å². The van der Waals surface area contributed by atoms with Crippen molar-refractivity contribution in [3.8, 4) is 11.6 Å². The monoisotopic (exact) mass is 501 g/mol. The molecule has 1 aromatic carbocycles. The van der Waals surface area contributed by atoms with Gasteiger partial charge in [0.05, 0.1) is 4.91 Å². The molecule has 0 unspecified atom stereocenters. The zero-order chi connectivity index (χ0) is 21.4. The molecule has 3 heterocycles. The minimum Gasteiger partial charge on any atom is -0.438 e. The van der Waals surface area contributed by atoms with E-state index in [1.54, 1.807) is 36.5 Å². The molecule has 1 aliphatic rings. The molecule has 0 radical (unpaired) electrons. The number of benzene rings is 1. The predicted molar refractivity (Wildman–Crippen MR) is 126 cm³/mol. The second-order valence-corrected chi connectivity index (χ2v) is 9.36. The summed E-state index contributed by atoms with van der Waals surface area (Å²) in [5.41, 5.74) is 0.301. The Hall–Kier alpha value is -2.49. The summed E-state index contributed by atoms with van der Waals surface area (Å²) in [7, 11) is 0. The van der Waals surface area contributed by atoms with Gasteiger partial charge in [-0.1, -0.05) is 46.0 Å². The molecule has 0 N–H and O–H groups in total. The Kier molecular flexibility index (Phi) is 5.77. The summed E-state index contributed by atoms with van der Waals surface area (Å²) in [6.45, 7) is 3.78. The van der Waals surface area contributed by atoms with E-state index in [4.69, 9.17) is 17.0 Å². The molecule has 6 nitrogen and oxygen atoms in total. The van der Waals surface area contributed by atoms with Crippen molar-refractivity contribution in [2.45, 2.75) is 19.9 Å². The Morgan fingerprint density at radius 3 is 2.57 bits per heavy atom. The first kappa shape index (κ1) is 20.8. The molecule has 1 aliphatic heterocycles. The van der Waals surface area contributed by atoms with Gasteiger partial charge in [0.2, 0.25) is 5.88 Å². The number of fused-ring (bicyclic) bond motifs is 1. The fourth-order valence-electron chi connectivity index (χ4n) is 2.95. The van der Waals surface area contributed by atoms with E-state index in [1.807, 2.05) is 26.0 Å². The van der Waals surface area contributed by atoms with Crippen LogP contribution >= 0.6 is 39.9 Å². The van der Waals surface area contributed by atoms with Gasteiger partial charge in [-0.3, -0.25) is 18.9 Å². The lowest BCUT2D eigenvalue weighted by molar-refractivity contribution is -0.123. The van der Waals surface area contributed by atoms with E-state index in [-0.39, 0.29) is 29.0 Å². The lowest BCUT2D eigenvalue weighted by atomic mass is 10.2. The van der Waals surface area contributed by atoms with Crippen LogP contribution in [0.4, 0.5) is 0 Å². The van der Waals surface area contributed by atoms with Crippen LogP contribution in [0.2, 0.25) is 0 Å². The van der Waals surface area contributed by atoms with E-state index in [2.05, 4.69) is 20.9 Å². The zero-order valence-electron chi connectivity index (χ0n) is 16.0. The number of hydrogen-bond acceptors (Lipinski definition) is 6. The maximum absolute atomic E-state index is 13.2. The lowest BCUT2D eigenvalue weighted by Gasteiger charge is -2.18. The van der Waals surface area contributed by atoms with E-state index < -0.39 is 0 Å². The minimum absolute atomic E-state index is 0.0716. The Morgan fingerprint density at radius 1 is 1.17 bits per heavy atom. The molecule has 2 aromatic heterocycles. The van der Waals surface area contributed by atoms with Crippen LogP contribution in [0.3, 0.4) is 0 Å². The summed E-state index contributed by atoms with van der Waals surface area (Å²) in [6.07, 6.45) is 3.15. The lowest BCUT2D eigenvalue weighted by Crippen LogP contribution is -2.34. The average Bonchev–Trinajstić information content (AvgIpc) is 3.00. The quantitative estimate of drug-likeness (QED) is 0.375. The van der Waals surface area contributed by atoms with Gasteiger partial charge in [0.1, 0.15) is 21.3 Å². The number of nitrogens with zero attached hydrogens (tertiary/aromatic N) is 3. The Bertz CT molecular complexity index is 1250. The summed E-state index contributed by atoms with van der Waals surface area (Å²) in [5.74, 6) is 0.422. The van der Waals surface area contributed by atoms with Gasteiger partial charge in [-0.15, -0.1) is 0 Å². The smallest absolute Gasteiger partial charge is 0.269 e. The standard InChI is InChI=1S/C21H16BrN3O3S2/c1-12(2)25-20(27)16(30-21(25)29)11-15-18(28-14-8-6-13(22)7-9-14)23-17-5-3-4-10-24(17)19(15)26/h3-12H,1-2H3. The van der Waals surface area contributed by atoms with Crippen LogP contribution < -0.4 is 10.3 Å². The molecule has 30 heavy (non-hydrogen) atoms. The third-order valence-corrected chi connectivity index (χ3v) is 6.24. The van der Waals surface area contributed by atoms with Gasteiger partial charge < -0.3 is 4.74 Å². The summed E-state index contributed by atoms with van der Waals surface area (Å²) in [6, 6.07) is 12.4. The SMILES string of the molecule is CC(C)N1C(=O)C(=Cc2c(Oc3ccc(Br)cc3)nc3ccccn3c2=O)SC1=S. The fourth-order valence-corrected chi connectivity index (χ4v) is 4.72. The zero-order valence-corrected chi connectivity index (χ0v) is 19.3. The number of amides is 1. The van der Waals surface area contributed by atoms with E-state index in [9.17, 15) is 9.59 Å². The van der Waals surface area contributed by atoms with Crippen molar-refractivity contribution < 1.29 is 9.53 Å². The fraction of sp³-hybridized carbons (Fsp3) is 0.143. The second kappa shape index (κ2) is 8.33. The van der Waals surface area contributed by atoms with Crippen molar-refractivity contribution in [2.24, 2.45) is 0 Å². The molecular formula is C21H16BrN3O3S2. The highest BCUT2D eigenvalue weighted by atomic mass is 79.9. The highest BCUT2D eigenvalue weighted by Gasteiger charge is 2.34. The van der Waals surface area contributed by atoms with Crippen molar-refractivity contribution in [1.29, 1.82) is 0 Å². The average molecular weight is 502 g/mol. The Morgan fingerprint density at radius 2 is 1.90 bits per heavy atom. The first-order valence-corrected chi connectivity index (χ1v) is 11.1. The summed E-state index contributed by atoms with van der Waals surface area (Å²) >= 11 is 9.89. The van der Waals surface area contributed by atoms with E-state index in [1.165, 1.54) is 27.1 Å². The van der Waals surface area contributed by atoms with Crippen LogP contribution in [-0.2, 0) is 4.79 Å². The molecule has 1 saturated heterocycles. The molecule has 0 bridgehead atoms. The van der Waals surface area contributed by atoms with Gasteiger partial charge in [0.25, 0.3) is 11.5 Å². The number of carbonyl (C=O) groups excluding carboxylic acids is 1. The number of carbonyl (C=O) groups is 1. The summed E-state index contributed by atoms with van der Waals surface area (Å²) in [5, 5.41) is 0. The summed E-state index contributed by atoms with van der Waals surface area (Å²) < 4.78 is 8.73. The van der Waals surface area contributed by atoms with Crippen molar-refractivity contribution in [3.63, 3.8) is 0 Å². The molecule has 1 fully saturated rings. The Labute approximate surface area is 190 Å². The predicted octanol–water partition coefficient (Wildman–Crippen LogP) is 4.86. The van der Waals surface area contributed by atoms with Crippen molar-refractivity contribution in [3.05, 3.63) is 74.0 Å². The molecular weight excluding hydrogens is 486 g/mol. The third-order valence-electron chi connectivity index (χ3n) is 4.38. The largest absolute Gasteiger partial charge is 0.438 e. The number of aromatic nitrogens is 2. The molecule has 3 aromatic rings. The van der Waals surface area contributed by atoms with Crippen LogP contribution in [0, 0.1) is 0 Å². The summed E-state index contributed by atoms with van der Waals surface area (Å²) in [4.78, 5) is 32.4. The Balaban J connectivity index is 1.86. The number of halogens is 1. The number of hydrogen-bond donors (Lipinski definition) is 0.